The van der Waals surface area contributed by atoms with Gasteiger partial charge in [0.15, 0.2) is 6.29 Å². The van der Waals surface area contributed by atoms with Gasteiger partial charge >= 0.3 is 0 Å². The molecule has 0 aliphatic carbocycles. The Morgan fingerprint density at radius 2 is 1.68 bits per heavy atom. The van der Waals surface area contributed by atoms with Crippen LogP contribution in [0.15, 0.2) is 85.3 Å². The first kappa shape index (κ1) is 32.4. The second kappa shape index (κ2) is 14.6. The molecule has 7 rings (SSSR count). The topological polar surface area (TPSA) is 163 Å². The zero-order valence-electron chi connectivity index (χ0n) is 27.3. The average Bonchev–Trinajstić information content (AvgIpc) is 3.65. The summed E-state index contributed by atoms with van der Waals surface area (Å²) in [5, 5.41) is 16.3. The summed E-state index contributed by atoms with van der Waals surface area (Å²) >= 11 is 0. The minimum Gasteiger partial charge on any atom is -0.383 e. The Bertz CT molecular complexity index is 2050. The van der Waals surface area contributed by atoms with E-state index in [1.165, 1.54) is 0 Å². The fourth-order valence-electron chi connectivity index (χ4n) is 6.43. The van der Waals surface area contributed by atoms with Crippen LogP contribution in [-0.2, 0) is 9.59 Å². The molecule has 0 bridgehead atoms. The van der Waals surface area contributed by atoms with Crippen LogP contribution < -0.4 is 26.2 Å². The fourth-order valence-corrected chi connectivity index (χ4v) is 6.43. The quantitative estimate of drug-likeness (QED) is 0.0909. The summed E-state index contributed by atoms with van der Waals surface area (Å²) in [6.07, 6.45) is 8.70. The Labute approximate surface area is 288 Å². The number of aromatic nitrogens is 4. The largest absolute Gasteiger partial charge is 0.383 e. The predicted molar refractivity (Wildman–Crippen MR) is 190 cm³/mol. The van der Waals surface area contributed by atoms with Gasteiger partial charge in [-0.25, -0.2) is 4.98 Å². The zero-order valence-corrected chi connectivity index (χ0v) is 27.3. The highest BCUT2D eigenvalue weighted by molar-refractivity contribution is 6.06. The van der Waals surface area contributed by atoms with Crippen molar-refractivity contribution in [3.8, 4) is 11.3 Å². The van der Waals surface area contributed by atoms with E-state index in [0.29, 0.717) is 31.1 Å². The SMILES string of the molecule is O=Cc1cc(NCCNc2cccc(N3CCC(n4cc(-c5cnc6ccccc6n5)cn4)CC3)c2)ccc1C(=O)NC1CCC(=O)NC1=O. The number of imide groups is 1. The number of amides is 3. The van der Waals surface area contributed by atoms with Gasteiger partial charge in [-0.3, -0.25) is 34.2 Å². The second-order valence-corrected chi connectivity index (χ2v) is 12.5. The molecule has 0 saturated carbocycles. The number of anilines is 3. The van der Waals surface area contributed by atoms with Crippen molar-refractivity contribution in [1.82, 2.24) is 30.4 Å². The molecule has 3 amide bonds. The van der Waals surface area contributed by atoms with Crippen LogP contribution in [0, 0.1) is 0 Å². The van der Waals surface area contributed by atoms with E-state index in [1.54, 1.807) is 24.4 Å². The number of hydrogen-bond acceptors (Lipinski definition) is 10. The van der Waals surface area contributed by atoms with E-state index in [1.807, 2.05) is 36.5 Å². The van der Waals surface area contributed by atoms with Gasteiger partial charge in [0.25, 0.3) is 5.91 Å². The predicted octanol–water partition coefficient (Wildman–Crippen LogP) is 4.21. The number of aldehydes is 1. The van der Waals surface area contributed by atoms with E-state index >= 15 is 0 Å². The molecule has 4 heterocycles. The summed E-state index contributed by atoms with van der Waals surface area (Å²) in [4.78, 5) is 59.7. The number of hydrogen-bond donors (Lipinski definition) is 4. The molecular formula is C37H37N9O4. The number of para-hydroxylation sites is 2. The number of nitrogens with zero attached hydrogens (tertiary/aromatic N) is 5. The Morgan fingerprint density at radius 1 is 0.900 bits per heavy atom. The van der Waals surface area contributed by atoms with Crippen molar-refractivity contribution in [3.63, 3.8) is 0 Å². The number of rotatable bonds is 11. The van der Waals surface area contributed by atoms with Gasteiger partial charge in [0, 0.05) is 72.5 Å². The smallest absolute Gasteiger partial charge is 0.252 e. The maximum Gasteiger partial charge on any atom is 0.252 e. The summed E-state index contributed by atoms with van der Waals surface area (Å²) in [5.41, 5.74) is 6.77. The zero-order chi connectivity index (χ0) is 34.5. The molecule has 0 radical (unpaired) electrons. The fraction of sp³-hybridized carbons (Fsp3) is 0.270. The summed E-state index contributed by atoms with van der Waals surface area (Å²) < 4.78 is 2.07. The number of carbonyl (C=O) groups excluding carboxylic acids is 4. The van der Waals surface area contributed by atoms with Crippen LogP contribution in [0.25, 0.3) is 22.3 Å². The molecule has 2 aromatic heterocycles. The standard InChI is InChI=1S/C37H37N9O4/c47-23-24-18-27(8-9-30(24)36(49)43-33-10-11-35(48)44-37(33)50)39-15-14-38-26-4-3-5-29(19-26)45-16-12-28(13-17-45)46-22-25(20-41-46)34-21-40-31-6-1-2-7-32(31)42-34/h1-9,18-23,28,33,38-39H,10-17H2,(H,43,49)(H,44,48,50). The Morgan fingerprint density at radius 3 is 2.46 bits per heavy atom. The van der Waals surface area contributed by atoms with Gasteiger partial charge in [0.05, 0.1) is 35.2 Å². The summed E-state index contributed by atoms with van der Waals surface area (Å²) in [6, 6.07) is 20.6. The average molecular weight is 672 g/mol. The molecular weight excluding hydrogens is 634 g/mol. The van der Waals surface area contributed by atoms with Crippen LogP contribution in [0.2, 0.25) is 0 Å². The van der Waals surface area contributed by atoms with Crippen molar-refractivity contribution < 1.29 is 19.2 Å². The first-order valence-electron chi connectivity index (χ1n) is 16.8. The number of benzene rings is 3. The summed E-state index contributed by atoms with van der Waals surface area (Å²) in [5.74, 6) is -1.45. The molecule has 1 atom stereocenters. The van der Waals surface area contributed by atoms with Gasteiger partial charge in [-0.05, 0) is 67.8 Å². The minimum atomic E-state index is -0.817. The van der Waals surface area contributed by atoms with Gasteiger partial charge in [-0.1, -0.05) is 18.2 Å². The van der Waals surface area contributed by atoms with E-state index in [9.17, 15) is 19.2 Å². The lowest BCUT2D eigenvalue weighted by molar-refractivity contribution is -0.134. The maximum absolute atomic E-state index is 12.8. The highest BCUT2D eigenvalue weighted by atomic mass is 16.2. The summed E-state index contributed by atoms with van der Waals surface area (Å²) in [7, 11) is 0. The normalized spacial score (nSPS) is 16.6. The van der Waals surface area contributed by atoms with Crippen molar-refractivity contribution in [3.05, 3.63) is 96.4 Å². The molecule has 5 aromatic rings. The number of fused-ring (bicyclic) bond motifs is 1. The highest BCUT2D eigenvalue weighted by Gasteiger charge is 2.29. The monoisotopic (exact) mass is 671 g/mol. The lowest BCUT2D eigenvalue weighted by Gasteiger charge is -2.34. The molecule has 50 heavy (non-hydrogen) atoms. The maximum atomic E-state index is 12.8. The first-order chi connectivity index (χ1) is 24.4. The molecule has 2 aliphatic rings. The van der Waals surface area contributed by atoms with Crippen LogP contribution in [-0.4, -0.2) is 76.0 Å². The van der Waals surface area contributed by atoms with Crippen LogP contribution in [0.3, 0.4) is 0 Å². The van der Waals surface area contributed by atoms with E-state index in [2.05, 4.69) is 65.3 Å². The molecule has 13 nitrogen and oxygen atoms in total. The second-order valence-electron chi connectivity index (χ2n) is 12.5. The van der Waals surface area contributed by atoms with Crippen molar-refractivity contribution in [2.45, 2.75) is 37.8 Å². The molecule has 1 unspecified atom stereocenters. The van der Waals surface area contributed by atoms with Crippen LogP contribution >= 0.6 is 0 Å². The van der Waals surface area contributed by atoms with E-state index in [0.717, 1.165) is 59.6 Å². The molecule has 254 valence electrons. The highest BCUT2D eigenvalue weighted by Crippen LogP contribution is 2.29. The molecule has 4 N–H and O–H groups in total. The number of carbonyl (C=O) groups is 4. The Balaban J connectivity index is 0.882. The van der Waals surface area contributed by atoms with E-state index < -0.39 is 17.9 Å². The van der Waals surface area contributed by atoms with Gasteiger partial charge in [0.1, 0.15) is 6.04 Å². The first-order valence-corrected chi connectivity index (χ1v) is 16.8. The van der Waals surface area contributed by atoms with Crippen molar-refractivity contribution in [2.75, 3.05) is 41.7 Å². The Kier molecular flexibility index (Phi) is 9.45. The number of nitrogens with one attached hydrogen (secondary N) is 4. The lowest BCUT2D eigenvalue weighted by atomic mass is 10.0. The van der Waals surface area contributed by atoms with E-state index in [-0.39, 0.29) is 29.9 Å². The third-order valence-electron chi connectivity index (χ3n) is 9.15. The third kappa shape index (κ3) is 7.31. The van der Waals surface area contributed by atoms with Crippen molar-refractivity contribution in [2.24, 2.45) is 0 Å². The molecule has 3 aromatic carbocycles. The summed E-state index contributed by atoms with van der Waals surface area (Å²) in [6.45, 7) is 3.04. The molecule has 0 spiro atoms. The molecule has 2 aliphatic heterocycles. The van der Waals surface area contributed by atoms with Gasteiger partial charge in [-0.2, -0.15) is 5.10 Å². The third-order valence-corrected chi connectivity index (χ3v) is 9.15. The van der Waals surface area contributed by atoms with Gasteiger partial charge in [0.2, 0.25) is 11.8 Å². The van der Waals surface area contributed by atoms with Crippen LogP contribution in [0.1, 0.15) is 52.4 Å². The Hall–Kier alpha value is -6.11. The van der Waals surface area contributed by atoms with Crippen molar-refractivity contribution in [1.29, 1.82) is 0 Å². The number of piperidine rings is 2. The van der Waals surface area contributed by atoms with Gasteiger partial charge < -0.3 is 20.9 Å². The van der Waals surface area contributed by atoms with Crippen LogP contribution in [0.5, 0.6) is 0 Å². The van der Waals surface area contributed by atoms with Crippen LogP contribution in [0.4, 0.5) is 17.1 Å². The molecule has 13 heteroatoms. The molecule has 2 saturated heterocycles. The molecule has 2 fully saturated rings. The minimum absolute atomic E-state index is 0.149. The van der Waals surface area contributed by atoms with E-state index in [4.69, 9.17) is 4.98 Å². The lowest BCUT2D eigenvalue weighted by Crippen LogP contribution is -2.52. The van der Waals surface area contributed by atoms with Crippen molar-refractivity contribution >= 4 is 52.1 Å². The van der Waals surface area contributed by atoms with Gasteiger partial charge in [-0.15, -0.1) is 0 Å².